The Morgan fingerprint density at radius 2 is 2.00 bits per heavy atom. The molecule has 1 aliphatic rings. The summed E-state index contributed by atoms with van der Waals surface area (Å²) in [6, 6.07) is 10.1. The number of aryl methyl sites for hydroxylation is 1. The van der Waals surface area contributed by atoms with Crippen LogP contribution < -0.4 is 0 Å². The molecular weight excluding hydrogens is 444 g/mol. The first kappa shape index (κ1) is 23.4. The standard InChI is InChI=1S/C22H23F2NO4S2/c23-22(24,15-5-2-1-3-6-15)19(26)11-8-16-12-14-30-21(29)25(16)13-4-7-17-9-10-18(31-17)20(27)28/h1-3,5-6,8-11,16,19,26H,4,7,12-14H2,(H,27,28)/b11-8+/t16-,19-/m0/s1. The topological polar surface area (TPSA) is 77.8 Å². The first-order chi connectivity index (χ1) is 14.8. The molecule has 2 atom stereocenters. The van der Waals surface area contributed by atoms with E-state index < -0.39 is 18.0 Å². The third-order valence-corrected chi connectivity index (χ3v) is 7.07. The van der Waals surface area contributed by atoms with Gasteiger partial charge in [0.05, 0.1) is 6.04 Å². The highest BCUT2D eigenvalue weighted by Crippen LogP contribution is 2.33. The molecule has 1 fully saturated rings. The number of thioether (sulfide) groups is 1. The molecule has 1 amide bonds. The number of carboxylic acids is 1. The number of aromatic carboxylic acids is 1. The number of rotatable bonds is 9. The molecule has 3 rings (SSSR count). The molecule has 0 unspecified atom stereocenters. The Morgan fingerprint density at radius 1 is 1.26 bits per heavy atom. The van der Waals surface area contributed by atoms with Crippen molar-refractivity contribution in [2.75, 3.05) is 12.3 Å². The fourth-order valence-electron chi connectivity index (χ4n) is 3.33. The van der Waals surface area contributed by atoms with Crippen molar-refractivity contribution < 1.29 is 28.6 Å². The van der Waals surface area contributed by atoms with Crippen LogP contribution in [-0.4, -0.2) is 50.8 Å². The van der Waals surface area contributed by atoms with E-state index in [0.29, 0.717) is 31.6 Å². The number of halogens is 2. The predicted molar refractivity (Wildman–Crippen MR) is 118 cm³/mol. The molecule has 2 aromatic rings. The summed E-state index contributed by atoms with van der Waals surface area (Å²) in [5.74, 6) is -3.81. The zero-order valence-electron chi connectivity index (χ0n) is 16.6. The molecule has 1 aromatic heterocycles. The van der Waals surface area contributed by atoms with E-state index in [1.165, 1.54) is 53.4 Å². The predicted octanol–water partition coefficient (Wildman–Crippen LogP) is 5.02. The highest BCUT2D eigenvalue weighted by atomic mass is 32.2. The molecular formula is C22H23F2NO4S2. The summed E-state index contributed by atoms with van der Waals surface area (Å²) in [6.45, 7) is 0.423. The van der Waals surface area contributed by atoms with Gasteiger partial charge in [-0.2, -0.15) is 8.78 Å². The number of alkyl halides is 2. The molecule has 1 saturated heterocycles. The van der Waals surface area contributed by atoms with Gasteiger partial charge in [0, 0.05) is 22.7 Å². The van der Waals surface area contributed by atoms with Crippen LogP contribution in [0.25, 0.3) is 0 Å². The first-order valence-corrected chi connectivity index (χ1v) is 11.6. The number of carbonyl (C=O) groups excluding carboxylic acids is 1. The molecule has 166 valence electrons. The van der Waals surface area contributed by atoms with Gasteiger partial charge < -0.3 is 15.1 Å². The zero-order valence-corrected chi connectivity index (χ0v) is 18.2. The monoisotopic (exact) mass is 467 g/mol. The number of nitrogens with zero attached hydrogens (tertiary/aromatic N) is 1. The van der Waals surface area contributed by atoms with Crippen LogP contribution >= 0.6 is 23.1 Å². The molecule has 0 spiro atoms. The molecule has 0 aliphatic carbocycles. The summed E-state index contributed by atoms with van der Waals surface area (Å²) in [6.07, 6.45) is 2.43. The summed E-state index contributed by atoms with van der Waals surface area (Å²) in [5, 5.41) is 19.0. The lowest BCUT2D eigenvalue weighted by Crippen LogP contribution is -2.42. The Labute approximate surface area is 187 Å². The molecule has 1 aliphatic heterocycles. The number of amides is 1. The fourth-order valence-corrected chi connectivity index (χ4v) is 5.15. The van der Waals surface area contributed by atoms with Crippen LogP contribution in [0.4, 0.5) is 13.6 Å². The van der Waals surface area contributed by atoms with E-state index in [1.807, 2.05) is 0 Å². The number of aliphatic hydroxyl groups excluding tert-OH is 1. The second kappa shape index (κ2) is 10.4. The molecule has 0 saturated carbocycles. The molecule has 0 radical (unpaired) electrons. The van der Waals surface area contributed by atoms with Crippen molar-refractivity contribution in [3.05, 3.63) is 69.9 Å². The van der Waals surface area contributed by atoms with Gasteiger partial charge in [-0.05, 0) is 31.4 Å². The Hall–Kier alpha value is -2.23. The Kier molecular flexibility index (Phi) is 7.85. The van der Waals surface area contributed by atoms with Crippen LogP contribution in [-0.2, 0) is 12.3 Å². The van der Waals surface area contributed by atoms with Gasteiger partial charge >= 0.3 is 11.9 Å². The van der Waals surface area contributed by atoms with E-state index in [9.17, 15) is 23.5 Å². The third-order valence-electron chi connectivity index (χ3n) is 5.01. The van der Waals surface area contributed by atoms with Gasteiger partial charge in [0.25, 0.3) is 5.24 Å². The van der Waals surface area contributed by atoms with Crippen molar-refractivity contribution in [2.24, 2.45) is 0 Å². The quantitative estimate of drug-likeness (QED) is 0.507. The Morgan fingerprint density at radius 3 is 2.68 bits per heavy atom. The van der Waals surface area contributed by atoms with Crippen molar-refractivity contribution in [1.29, 1.82) is 0 Å². The first-order valence-electron chi connectivity index (χ1n) is 9.84. The number of hydrogen-bond acceptors (Lipinski definition) is 5. The van der Waals surface area contributed by atoms with E-state index >= 15 is 0 Å². The van der Waals surface area contributed by atoms with Crippen molar-refractivity contribution in [3.63, 3.8) is 0 Å². The van der Waals surface area contributed by atoms with Crippen LogP contribution in [0.2, 0.25) is 0 Å². The summed E-state index contributed by atoms with van der Waals surface area (Å²) < 4.78 is 29.0. The number of carboxylic acid groups (broad SMARTS) is 1. The molecule has 2 heterocycles. The van der Waals surface area contributed by atoms with Gasteiger partial charge in [-0.3, -0.25) is 4.79 Å². The van der Waals surface area contributed by atoms with Crippen molar-refractivity contribution in [1.82, 2.24) is 4.90 Å². The molecule has 31 heavy (non-hydrogen) atoms. The van der Waals surface area contributed by atoms with Crippen LogP contribution in [0, 0.1) is 0 Å². The summed E-state index contributed by atoms with van der Waals surface area (Å²) in [7, 11) is 0. The number of benzene rings is 1. The highest BCUT2D eigenvalue weighted by Gasteiger charge is 2.39. The molecule has 0 bridgehead atoms. The van der Waals surface area contributed by atoms with Crippen molar-refractivity contribution in [2.45, 2.75) is 37.3 Å². The van der Waals surface area contributed by atoms with Gasteiger partial charge in [0.1, 0.15) is 11.0 Å². The summed E-state index contributed by atoms with van der Waals surface area (Å²) in [4.78, 5) is 26.2. The van der Waals surface area contributed by atoms with Gasteiger partial charge in [-0.15, -0.1) is 11.3 Å². The minimum Gasteiger partial charge on any atom is -0.477 e. The number of thiophene rings is 1. The summed E-state index contributed by atoms with van der Waals surface area (Å²) >= 11 is 2.39. The lowest BCUT2D eigenvalue weighted by Gasteiger charge is -2.33. The molecule has 5 nitrogen and oxygen atoms in total. The minimum atomic E-state index is -3.43. The molecule has 1 aromatic carbocycles. The third kappa shape index (κ3) is 5.93. The Balaban J connectivity index is 1.61. The van der Waals surface area contributed by atoms with Crippen molar-refractivity contribution >= 4 is 34.3 Å². The smallest absolute Gasteiger partial charge is 0.345 e. The largest absolute Gasteiger partial charge is 0.477 e. The lowest BCUT2D eigenvalue weighted by molar-refractivity contribution is -0.0929. The summed E-state index contributed by atoms with van der Waals surface area (Å²) in [5.41, 5.74) is -0.268. The average molecular weight is 468 g/mol. The van der Waals surface area contributed by atoms with Gasteiger partial charge in [0.2, 0.25) is 0 Å². The minimum absolute atomic E-state index is 0.123. The van der Waals surface area contributed by atoms with Crippen LogP contribution in [0.5, 0.6) is 0 Å². The van der Waals surface area contributed by atoms with Gasteiger partial charge in [-0.25, -0.2) is 4.79 Å². The van der Waals surface area contributed by atoms with E-state index in [1.54, 1.807) is 23.1 Å². The fraction of sp³-hybridized carbons (Fsp3) is 0.364. The van der Waals surface area contributed by atoms with Gasteiger partial charge in [0.15, 0.2) is 0 Å². The number of aliphatic hydroxyl groups is 1. The van der Waals surface area contributed by atoms with Crippen LogP contribution in [0.3, 0.4) is 0 Å². The van der Waals surface area contributed by atoms with E-state index in [2.05, 4.69) is 0 Å². The van der Waals surface area contributed by atoms with Crippen molar-refractivity contribution in [3.8, 4) is 0 Å². The second-order valence-corrected chi connectivity index (χ2v) is 9.37. The SMILES string of the molecule is O=C(O)c1ccc(CCCN2C(=O)SCC[C@@H]2/C=C/[C@H](O)C(F)(F)c2ccccc2)s1. The average Bonchev–Trinajstić information content (AvgIpc) is 3.23. The lowest BCUT2D eigenvalue weighted by atomic mass is 10.0. The molecule has 2 N–H and O–H groups in total. The van der Waals surface area contributed by atoms with Crippen LogP contribution in [0.15, 0.2) is 54.6 Å². The maximum absolute atomic E-state index is 14.5. The molecule has 9 heteroatoms. The zero-order chi connectivity index (χ0) is 22.4. The number of carbonyl (C=O) groups is 2. The Bertz CT molecular complexity index is 933. The van der Waals surface area contributed by atoms with Gasteiger partial charge in [-0.1, -0.05) is 54.2 Å². The van der Waals surface area contributed by atoms with E-state index in [-0.39, 0.29) is 21.7 Å². The van der Waals surface area contributed by atoms with E-state index in [4.69, 9.17) is 5.11 Å². The maximum Gasteiger partial charge on any atom is 0.345 e. The number of hydrogen-bond donors (Lipinski definition) is 2. The highest BCUT2D eigenvalue weighted by molar-refractivity contribution is 8.13. The van der Waals surface area contributed by atoms with E-state index in [0.717, 1.165) is 11.0 Å². The normalized spacial score (nSPS) is 18.5. The maximum atomic E-state index is 14.5. The van der Waals surface area contributed by atoms with Crippen LogP contribution in [0.1, 0.15) is 33.0 Å². The second-order valence-electron chi connectivity index (χ2n) is 7.16.